The maximum Gasteiger partial charge on any atom is 0.422 e. The second kappa shape index (κ2) is 5.78. The lowest BCUT2D eigenvalue weighted by Gasteiger charge is -2.23. The van der Waals surface area contributed by atoms with Crippen molar-refractivity contribution in [3.8, 4) is 0 Å². The summed E-state index contributed by atoms with van der Waals surface area (Å²) in [5.74, 6) is 4.92. The van der Waals surface area contributed by atoms with Crippen molar-refractivity contribution in [3.63, 3.8) is 0 Å². The van der Waals surface area contributed by atoms with Gasteiger partial charge in [0.05, 0.1) is 6.54 Å². The molecule has 1 atom stereocenters. The van der Waals surface area contributed by atoms with Gasteiger partial charge in [0.15, 0.2) is 11.9 Å². The third-order valence-electron chi connectivity index (χ3n) is 1.55. The minimum atomic E-state index is -1.19. The van der Waals surface area contributed by atoms with Crippen molar-refractivity contribution in [1.29, 1.82) is 0 Å². The maximum atomic E-state index is 11.2. The molecule has 0 bridgehead atoms. The molecule has 0 saturated carbocycles. The molecule has 0 fully saturated rings. The van der Waals surface area contributed by atoms with Crippen LogP contribution in [-0.4, -0.2) is 30.1 Å². The zero-order valence-corrected chi connectivity index (χ0v) is 9.99. The van der Waals surface area contributed by atoms with Crippen molar-refractivity contribution in [1.82, 2.24) is 10.9 Å². The predicted octanol–water partition coefficient (Wildman–Crippen LogP) is -0.136. The van der Waals surface area contributed by atoms with E-state index >= 15 is 0 Å². The zero-order chi connectivity index (χ0) is 12.8. The van der Waals surface area contributed by atoms with Crippen molar-refractivity contribution < 1.29 is 19.2 Å². The van der Waals surface area contributed by atoms with Crippen molar-refractivity contribution in [2.24, 2.45) is 5.90 Å². The molecule has 0 spiro atoms. The van der Waals surface area contributed by atoms with Gasteiger partial charge < -0.3 is 9.53 Å². The maximum absolute atomic E-state index is 11.2. The average Bonchev–Trinajstić information content (AvgIpc) is 2.14. The van der Waals surface area contributed by atoms with E-state index in [1.807, 2.05) is 0 Å². The fraction of sp³-hybridized carbons (Fsp3) is 0.778. The first-order valence-electron chi connectivity index (χ1n) is 4.78. The number of nitrogens with two attached hydrogens (primary N) is 1. The summed E-state index contributed by atoms with van der Waals surface area (Å²) in [7, 11) is 0. The minimum Gasteiger partial charge on any atom is -0.443 e. The van der Waals surface area contributed by atoms with Crippen LogP contribution in [0, 0.1) is 0 Å². The monoisotopic (exact) mass is 233 g/mol. The van der Waals surface area contributed by atoms with E-state index in [4.69, 9.17) is 10.6 Å². The highest BCUT2D eigenvalue weighted by atomic mass is 16.6. The van der Waals surface area contributed by atoms with Crippen LogP contribution >= 0.6 is 0 Å². The molecule has 7 nitrogen and oxygen atoms in total. The Hall–Kier alpha value is -1.18. The van der Waals surface area contributed by atoms with E-state index in [0.717, 1.165) is 0 Å². The molecule has 16 heavy (non-hydrogen) atoms. The number of carbonyl (C=O) groups excluding carboxylic acids is 2. The molecule has 0 aromatic rings. The van der Waals surface area contributed by atoms with Gasteiger partial charge in [0.1, 0.15) is 5.60 Å². The molecule has 0 heterocycles. The van der Waals surface area contributed by atoms with Gasteiger partial charge in [-0.15, -0.1) is 0 Å². The molecule has 7 heteroatoms. The summed E-state index contributed by atoms with van der Waals surface area (Å²) in [6.45, 7) is 6.73. The second-order valence-electron chi connectivity index (χ2n) is 4.53. The Labute approximate surface area is 94.6 Å². The number of hydrogen-bond acceptors (Lipinski definition) is 6. The Balaban J connectivity index is 3.91. The first kappa shape index (κ1) is 14.8. The lowest BCUT2D eigenvalue weighted by Crippen LogP contribution is -2.50. The summed E-state index contributed by atoms with van der Waals surface area (Å²) in [5, 5.41) is 0. The number of ether oxygens (including phenoxy) is 1. The number of rotatable bonds is 5. The van der Waals surface area contributed by atoms with Crippen LogP contribution in [0.5, 0.6) is 0 Å². The number of carbonyl (C=O) groups is 2. The van der Waals surface area contributed by atoms with Crippen molar-refractivity contribution in [2.45, 2.75) is 38.9 Å². The van der Waals surface area contributed by atoms with Gasteiger partial charge in [0.2, 0.25) is 0 Å². The molecule has 0 rings (SSSR count). The van der Waals surface area contributed by atoms with Crippen molar-refractivity contribution in [2.75, 3.05) is 6.54 Å². The fourth-order valence-electron chi connectivity index (χ4n) is 0.707. The highest BCUT2D eigenvalue weighted by Crippen LogP contribution is 2.06. The van der Waals surface area contributed by atoms with Gasteiger partial charge in [-0.05, 0) is 27.7 Å². The molecule has 0 radical (unpaired) electrons. The van der Waals surface area contributed by atoms with Crippen LogP contribution in [0.1, 0.15) is 27.7 Å². The average molecular weight is 233 g/mol. The van der Waals surface area contributed by atoms with E-state index < -0.39 is 17.3 Å². The van der Waals surface area contributed by atoms with E-state index in [-0.39, 0.29) is 6.54 Å². The van der Waals surface area contributed by atoms with Gasteiger partial charge in [-0.2, -0.15) is 0 Å². The highest BCUT2D eigenvalue weighted by molar-refractivity contribution is 5.67. The topological polar surface area (TPSA) is 103 Å². The quantitative estimate of drug-likeness (QED) is 0.451. The summed E-state index contributed by atoms with van der Waals surface area (Å²) in [6.07, 6.45) is -0.102. The van der Waals surface area contributed by atoms with Crippen LogP contribution in [-0.2, 0) is 14.4 Å². The van der Waals surface area contributed by atoms with Gasteiger partial charge >= 0.3 is 6.09 Å². The Morgan fingerprint density at radius 3 is 2.31 bits per heavy atom. The summed E-state index contributed by atoms with van der Waals surface area (Å²) >= 11 is 0. The van der Waals surface area contributed by atoms with Crippen LogP contribution in [0.3, 0.4) is 0 Å². The molecule has 4 N–H and O–H groups in total. The third kappa shape index (κ3) is 6.33. The van der Waals surface area contributed by atoms with E-state index in [9.17, 15) is 9.59 Å². The SMILES string of the molecule is CC(C)(C)OC(=O)NNCC(C)(C=O)ON. The largest absolute Gasteiger partial charge is 0.443 e. The smallest absolute Gasteiger partial charge is 0.422 e. The normalized spacial score (nSPS) is 15.1. The number of aldehydes is 1. The van der Waals surface area contributed by atoms with Crippen LogP contribution in [0.25, 0.3) is 0 Å². The summed E-state index contributed by atoms with van der Waals surface area (Å²) in [4.78, 5) is 26.2. The van der Waals surface area contributed by atoms with E-state index in [1.54, 1.807) is 20.8 Å². The highest BCUT2D eigenvalue weighted by Gasteiger charge is 2.24. The van der Waals surface area contributed by atoms with E-state index in [1.165, 1.54) is 6.92 Å². The van der Waals surface area contributed by atoms with E-state index in [2.05, 4.69) is 15.7 Å². The lowest BCUT2D eigenvalue weighted by atomic mass is 10.1. The van der Waals surface area contributed by atoms with Crippen LogP contribution < -0.4 is 16.7 Å². The van der Waals surface area contributed by atoms with Gasteiger partial charge in [0, 0.05) is 0 Å². The van der Waals surface area contributed by atoms with Crippen LogP contribution in [0.2, 0.25) is 0 Å². The Morgan fingerprint density at radius 2 is 1.94 bits per heavy atom. The Morgan fingerprint density at radius 1 is 1.38 bits per heavy atom. The Bertz CT molecular complexity index is 252. The van der Waals surface area contributed by atoms with Gasteiger partial charge in [-0.25, -0.2) is 16.1 Å². The molecule has 0 aliphatic carbocycles. The number of hydrazine groups is 1. The van der Waals surface area contributed by atoms with Crippen molar-refractivity contribution >= 4 is 12.4 Å². The molecule has 0 aliphatic rings. The molecule has 0 aliphatic heterocycles. The summed E-state index contributed by atoms with van der Waals surface area (Å²) < 4.78 is 4.95. The standard InChI is InChI=1S/C9H19N3O4/c1-8(2,3)15-7(14)12-11-5-9(4,6-13)16-10/h6,11H,5,10H2,1-4H3,(H,12,14). The van der Waals surface area contributed by atoms with Gasteiger partial charge in [-0.3, -0.25) is 10.3 Å². The minimum absolute atomic E-state index is 0.0340. The zero-order valence-electron chi connectivity index (χ0n) is 9.99. The number of nitrogens with one attached hydrogen (secondary N) is 2. The summed E-state index contributed by atoms with van der Waals surface area (Å²) in [6, 6.07) is 0. The molecule has 94 valence electrons. The first-order valence-corrected chi connectivity index (χ1v) is 4.78. The Kier molecular flexibility index (Phi) is 5.36. The molecular formula is C9H19N3O4. The van der Waals surface area contributed by atoms with Crippen molar-refractivity contribution in [3.05, 3.63) is 0 Å². The number of hydrogen-bond donors (Lipinski definition) is 3. The lowest BCUT2D eigenvalue weighted by molar-refractivity contribution is -0.129. The van der Waals surface area contributed by atoms with Crippen LogP contribution in [0.15, 0.2) is 0 Å². The fourth-order valence-corrected chi connectivity index (χ4v) is 0.707. The second-order valence-corrected chi connectivity index (χ2v) is 4.53. The van der Waals surface area contributed by atoms with E-state index in [0.29, 0.717) is 6.29 Å². The molecule has 0 aromatic heterocycles. The number of amides is 1. The first-order chi connectivity index (χ1) is 7.22. The van der Waals surface area contributed by atoms with Gasteiger partial charge in [-0.1, -0.05) is 0 Å². The van der Waals surface area contributed by atoms with Crippen LogP contribution in [0.4, 0.5) is 4.79 Å². The molecule has 1 unspecified atom stereocenters. The summed E-state index contributed by atoms with van der Waals surface area (Å²) in [5.41, 5.74) is 2.98. The molecule has 0 aromatic carbocycles. The van der Waals surface area contributed by atoms with Gasteiger partial charge in [0.25, 0.3) is 0 Å². The molecular weight excluding hydrogens is 214 g/mol. The third-order valence-corrected chi connectivity index (χ3v) is 1.55. The molecule has 0 saturated heterocycles. The molecule has 1 amide bonds. The predicted molar refractivity (Wildman–Crippen MR) is 57.1 cm³/mol.